The summed E-state index contributed by atoms with van der Waals surface area (Å²) < 4.78 is 39.6. The summed E-state index contributed by atoms with van der Waals surface area (Å²) >= 11 is 0. The Balaban J connectivity index is 2.11. The standard InChI is InChI=1S/C18H24F3N3O2/c1-2-3-8-22-16(25)11-15-17(26)23-9-10-24(15)12-13-6-4-5-7-14(13)18(19,20)21/h4-7,15H,2-3,8-12H2,1H3,(H,22,25)(H,23,26)/t15-/m1/s1. The number of halogens is 3. The molecular weight excluding hydrogens is 347 g/mol. The van der Waals surface area contributed by atoms with E-state index in [0.29, 0.717) is 19.6 Å². The Morgan fingerprint density at radius 3 is 2.77 bits per heavy atom. The lowest BCUT2D eigenvalue weighted by Gasteiger charge is -2.35. The summed E-state index contributed by atoms with van der Waals surface area (Å²) in [6.45, 7) is 3.24. The van der Waals surface area contributed by atoms with Crippen LogP contribution in [-0.2, 0) is 22.3 Å². The van der Waals surface area contributed by atoms with Crippen LogP contribution in [0.15, 0.2) is 24.3 Å². The highest BCUT2D eigenvalue weighted by atomic mass is 19.4. The van der Waals surface area contributed by atoms with Crippen LogP contribution in [0.1, 0.15) is 37.3 Å². The molecule has 8 heteroatoms. The Hall–Kier alpha value is -2.09. The number of piperazine rings is 1. The van der Waals surface area contributed by atoms with Crippen LogP contribution in [-0.4, -0.2) is 42.4 Å². The molecule has 1 atom stereocenters. The van der Waals surface area contributed by atoms with Gasteiger partial charge in [-0.15, -0.1) is 0 Å². The molecule has 1 fully saturated rings. The van der Waals surface area contributed by atoms with Crippen LogP contribution in [0.3, 0.4) is 0 Å². The van der Waals surface area contributed by atoms with Gasteiger partial charge in [-0.1, -0.05) is 31.5 Å². The second kappa shape index (κ2) is 9.02. The van der Waals surface area contributed by atoms with Gasteiger partial charge in [0.2, 0.25) is 11.8 Å². The zero-order chi connectivity index (χ0) is 19.2. The number of benzene rings is 1. The molecule has 0 aliphatic carbocycles. The van der Waals surface area contributed by atoms with Gasteiger partial charge in [-0.2, -0.15) is 13.2 Å². The summed E-state index contributed by atoms with van der Waals surface area (Å²) in [7, 11) is 0. The number of nitrogens with zero attached hydrogens (tertiary/aromatic N) is 1. The monoisotopic (exact) mass is 371 g/mol. The van der Waals surface area contributed by atoms with E-state index in [4.69, 9.17) is 0 Å². The van der Waals surface area contributed by atoms with Crippen LogP contribution in [0.4, 0.5) is 13.2 Å². The summed E-state index contributed by atoms with van der Waals surface area (Å²) in [4.78, 5) is 25.9. The lowest BCUT2D eigenvalue weighted by molar-refractivity contribution is -0.139. The SMILES string of the molecule is CCCCNC(=O)C[C@@H]1C(=O)NCCN1Cc1ccccc1C(F)(F)F. The predicted octanol–water partition coefficient (Wildman–Crippen LogP) is 2.31. The fourth-order valence-corrected chi connectivity index (χ4v) is 2.98. The average Bonchev–Trinajstić information content (AvgIpc) is 2.58. The Labute approximate surface area is 150 Å². The first kappa shape index (κ1) is 20.2. The number of rotatable bonds is 7. The minimum Gasteiger partial charge on any atom is -0.356 e. The molecule has 1 saturated heterocycles. The van der Waals surface area contributed by atoms with Crippen molar-refractivity contribution < 1.29 is 22.8 Å². The van der Waals surface area contributed by atoms with Crippen LogP contribution < -0.4 is 10.6 Å². The Morgan fingerprint density at radius 1 is 1.35 bits per heavy atom. The Bertz CT molecular complexity index is 634. The van der Waals surface area contributed by atoms with E-state index in [1.54, 1.807) is 11.0 Å². The Kier molecular flexibility index (Phi) is 7.02. The van der Waals surface area contributed by atoms with E-state index < -0.39 is 17.8 Å². The maximum atomic E-state index is 13.2. The summed E-state index contributed by atoms with van der Waals surface area (Å²) in [6, 6.07) is 4.56. The highest BCUT2D eigenvalue weighted by Gasteiger charge is 2.36. The normalized spacial score (nSPS) is 18.5. The third kappa shape index (κ3) is 5.45. The van der Waals surface area contributed by atoms with Crippen molar-refractivity contribution in [1.29, 1.82) is 0 Å². The third-order valence-electron chi connectivity index (χ3n) is 4.37. The van der Waals surface area contributed by atoms with Crippen LogP contribution >= 0.6 is 0 Å². The minimum atomic E-state index is -4.46. The van der Waals surface area contributed by atoms with Gasteiger partial charge in [0, 0.05) is 26.2 Å². The van der Waals surface area contributed by atoms with Gasteiger partial charge in [0.15, 0.2) is 0 Å². The molecule has 1 aromatic rings. The van der Waals surface area contributed by atoms with Gasteiger partial charge in [-0.05, 0) is 18.1 Å². The van der Waals surface area contributed by atoms with Crippen LogP contribution in [0.25, 0.3) is 0 Å². The Morgan fingerprint density at radius 2 is 2.08 bits per heavy atom. The topological polar surface area (TPSA) is 61.4 Å². The molecule has 0 radical (unpaired) electrons. The zero-order valence-corrected chi connectivity index (χ0v) is 14.7. The second-order valence-corrected chi connectivity index (χ2v) is 6.34. The molecule has 26 heavy (non-hydrogen) atoms. The van der Waals surface area contributed by atoms with E-state index in [1.165, 1.54) is 12.1 Å². The number of amides is 2. The van der Waals surface area contributed by atoms with E-state index >= 15 is 0 Å². The number of carbonyl (C=O) groups is 2. The van der Waals surface area contributed by atoms with Crippen molar-refractivity contribution in [3.05, 3.63) is 35.4 Å². The van der Waals surface area contributed by atoms with Crippen molar-refractivity contribution in [3.63, 3.8) is 0 Å². The molecular formula is C18H24F3N3O2. The fourth-order valence-electron chi connectivity index (χ4n) is 2.98. The van der Waals surface area contributed by atoms with E-state index in [-0.39, 0.29) is 30.3 Å². The molecule has 1 aliphatic rings. The first-order chi connectivity index (χ1) is 12.3. The van der Waals surface area contributed by atoms with Gasteiger partial charge < -0.3 is 10.6 Å². The van der Waals surface area contributed by atoms with Crippen molar-refractivity contribution >= 4 is 11.8 Å². The summed E-state index contributed by atoms with van der Waals surface area (Å²) in [6.07, 6.45) is -2.75. The van der Waals surface area contributed by atoms with Gasteiger partial charge in [-0.25, -0.2) is 0 Å². The molecule has 0 spiro atoms. The molecule has 0 saturated carbocycles. The van der Waals surface area contributed by atoms with E-state index in [0.717, 1.165) is 18.9 Å². The summed E-state index contributed by atoms with van der Waals surface area (Å²) in [5, 5.41) is 5.43. The number of hydrogen-bond acceptors (Lipinski definition) is 3. The highest BCUT2D eigenvalue weighted by Crippen LogP contribution is 2.32. The van der Waals surface area contributed by atoms with Gasteiger partial charge in [-0.3, -0.25) is 14.5 Å². The van der Waals surface area contributed by atoms with Crippen molar-refractivity contribution in [1.82, 2.24) is 15.5 Å². The number of carbonyl (C=O) groups excluding carboxylic acids is 2. The fraction of sp³-hybridized carbons (Fsp3) is 0.556. The zero-order valence-electron chi connectivity index (χ0n) is 14.7. The molecule has 1 heterocycles. The molecule has 0 unspecified atom stereocenters. The lowest BCUT2D eigenvalue weighted by Crippen LogP contribution is -2.56. The van der Waals surface area contributed by atoms with Crippen molar-refractivity contribution in [3.8, 4) is 0 Å². The molecule has 1 aromatic carbocycles. The van der Waals surface area contributed by atoms with Crippen LogP contribution in [0, 0.1) is 0 Å². The molecule has 144 valence electrons. The van der Waals surface area contributed by atoms with Crippen molar-refractivity contribution in [2.24, 2.45) is 0 Å². The highest BCUT2D eigenvalue weighted by molar-refractivity contribution is 5.88. The van der Waals surface area contributed by atoms with E-state index in [1.807, 2.05) is 6.92 Å². The average molecular weight is 371 g/mol. The van der Waals surface area contributed by atoms with Gasteiger partial charge in [0.25, 0.3) is 0 Å². The van der Waals surface area contributed by atoms with Gasteiger partial charge in [0.05, 0.1) is 18.0 Å². The number of hydrogen-bond donors (Lipinski definition) is 2. The minimum absolute atomic E-state index is 0.0317. The lowest BCUT2D eigenvalue weighted by atomic mass is 10.0. The molecule has 2 N–H and O–H groups in total. The molecule has 1 aliphatic heterocycles. The maximum absolute atomic E-state index is 13.2. The first-order valence-electron chi connectivity index (χ1n) is 8.76. The predicted molar refractivity (Wildman–Crippen MR) is 91.2 cm³/mol. The van der Waals surface area contributed by atoms with Crippen LogP contribution in [0.5, 0.6) is 0 Å². The number of unbranched alkanes of at least 4 members (excludes halogenated alkanes) is 1. The summed E-state index contributed by atoms with van der Waals surface area (Å²) in [5.74, 6) is -0.596. The van der Waals surface area contributed by atoms with Gasteiger partial charge in [0.1, 0.15) is 0 Å². The second-order valence-electron chi connectivity index (χ2n) is 6.34. The largest absolute Gasteiger partial charge is 0.416 e. The van der Waals surface area contributed by atoms with Gasteiger partial charge >= 0.3 is 6.18 Å². The molecule has 2 rings (SSSR count). The summed E-state index contributed by atoms with van der Waals surface area (Å²) in [5.41, 5.74) is -0.608. The van der Waals surface area contributed by atoms with Crippen molar-refractivity contribution in [2.45, 2.75) is 44.9 Å². The molecule has 5 nitrogen and oxygen atoms in total. The molecule has 2 amide bonds. The third-order valence-corrected chi connectivity index (χ3v) is 4.37. The van der Waals surface area contributed by atoms with Crippen LogP contribution in [0.2, 0.25) is 0 Å². The maximum Gasteiger partial charge on any atom is 0.416 e. The molecule has 0 aromatic heterocycles. The number of nitrogens with one attached hydrogen (secondary N) is 2. The number of alkyl halides is 3. The smallest absolute Gasteiger partial charge is 0.356 e. The van der Waals surface area contributed by atoms with E-state index in [2.05, 4.69) is 10.6 Å². The van der Waals surface area contributed by atoms with E-state index in [9.17, 15) is 22.8 Å². The molecule has 0 bridgehead atoms. The van der Waals surface area contributed by atoms with Crippen molar-refractivity contribution in [2.75, 3.05) is 19.6 Å². The quantitative estimate of drug-likeness (QED) is 0.723. The first-order valence-corrected chi connectivity index (χ1v) is 8.76.